The van der Waals surface area contributed by atoms with Gasteiger partial charge in [-0.15, -0.1) is 0 Å². The van der Waals surface area contributed by atoms with E-state index in [4.69, 9.17) is 0 Å². The summed E-state index contributed by atoms with van der Waals surface area (Å²) in [5.74, 6) is 1.06. The fourth-order valence-corrected chi connectivity index (χ4v) is 2.06. The predicted molar refractivity (Wildman–Crippen MR) is 69.7 cm³/mol. The summed E-state index contributed by atoms with van der Waals surface area (Å²) in [4.78, 5) is 4.28. The molecule has 0 saturated carbocycles. The molecule has 0 fully saturated rings. The lowest BCUT2D eigenvalue weighted by molar-refractivity contribution is 0.638. The van der Waals surface area contributed by atoms with Crippen LogP contribution in [0.5, 0.6) is 0 Å². The van der Waals surface area contributed by atoms with Crippen molar-refractivity contribution in [3.63, 3.8) is 0 Å². The van der Waals surface area contributed by atoms with E-state index in [9.17, 15) is 0 Å². The first-order valence-corrected chi connectivity index (χ1v) is 5.89. The summed E-state index contributed by atoms with van der Waals surface area (Å²) in [7, 11) is 2.01. The molecule has 0 bridgehead atoms. The first kappa shape index (κ1) is 11.9. The average molecular weight is 229 g/mol. The molecular weight excluding hydrogens is 210 g/mol. The molecule has 2 rings (SSSR count). The molecule has 0 saturated heterocycles. The maximum atomic E-state index is 4.28. The van der Waals surface area contributed by atoms with Crippen LogP contribution in [-0.4, -0.2) is 9.55 Å². The average Bonchev–Trinajstić information content (AvgIpc) is 2.63. The molecule has 0 aliphatic carbocycles. The first-order chi connectivity index (χ1) is 8.15. The topological polar surface area (TPSA) is 29.9 Å². The van der Waals surface area contributed by atoms with Crippen molar-refractivity contribution in [2.24, 2.45) is 7.05 Å². The molecule has 1 aromatic heterocycles. The number of rotatable bonds is 4. The molecule has 3 heteroatoms. The van der Waals surface area contributed by atoms with Crippen LogP contribution in [-0.2, 0) is 20.1 Å². The van der Waals surface area contributed by atoms with Crippen LogP contribution in [0.25, 0.3) is 0 Å². The maximum Gasteiger partial charge on any atom is 0.122 e. The van der Waals surface area contributed by atoms with Crippen molar-refractivity contribution in [3.05, 3.63) is 53.1 Å². The molecular formula is C14H19N3. The molecule has 0 radical (unpaired) electrons. The van der Waals surface area contributed by atoms with Gasteiger partial charge in [-0.3, -0.25) is 0 Å². The van der Waals surface area contributed by atoms with Gasteiger partial charge >= 0.3 is 0 Å². The van der Waals surface area contributed by atoms with Gasteiger partial charge in [0.15, 0.2) is 0 Å². The SMILES string of the molecule is Cc1cc(C)cc(CNCc2nccn2C)c1. The van der Waals surface area contributed by atoms with Crippen molar-refractivity contribution in [3.8, 4) is 0 Å². The van der Waals surface area contributed by atoms with Gasteiger partial charge in [-0.25, -0.2) is 4.98 Å². The summed E-state index contributed by atoms with van der Waals surface area (Å²) in [6.07, 6.45) is 3.79. The van der Waals surface area contributed by atoms with Gasteiger partial charge in [-0.1, -0.05) is 29.3 Å². The molecule has 0 aliphatic rings. The van der Waals surface area contributed by atoms with E-state index < -0.39 is 0 Å². The molecule has 0 unspecified atom stereocenters. The molecule has 0 amide bonds. The molecule has 0 atom stereocenters. The zero-order valence-corrected chi connectivity index (χ0v) is 10.7. The first-order valence-electron chi connectivity index (χ1n) is 5.89. The molecule has 1 aromatic carbocycles. The normalized spacial score (nSPS) is 10.8. The summed E-state index contributed by atoms with van der Waals surface area (Å²) in [6, 6.07) is 6.64. The van der Waals surface area contributed by atoms with Crippen LogP contribution in [0.4, 0.5) is 0 Å². The predicted octanol–water partition coefficient (Wildman–Crippen LogP) is 2.33. The number of imidazole rings is 1. The van der Waals surface area contributed by atoms with Gasteiger partial charge in [0.1, 0.15) is 5.82 Å². The fourth-order valence-electron chi connectivity index (χ4n) is 2.06. The van der Waals surface area contributed by atoms with Crippen LogP contribution in [0.2, 0.25) is 0 Å². The molecule has 90 valence electrons. The van der Waals surface area contributed by atoms with Crippen LogP contribution in [0.3, 0.4) is 0 Å². The van der Waals surface area contributed by atoms with Crippen LogP contribution >= 0.6 is 0 Å². The second-order valence-electron chi connectivity index (χ2n) is 4.55. The van der Waals surface area contributed by atoms with Crippen LogP contribution in [0.15, 0.2) is 30.6 Å². The van der Waals surface area contributed by atoms with E-state index in [1.54, 1.807) is 0 Å². The minimum Gasteiger partial charge on any atom is -0.337 e. The maximum absolute atomic E-state index is 4.28. The summed E-state index contributed by atoms with van der Waals surface area (Å²) in [5, 5.41) is 3.42. The Labute approximate surface area is 103 Å². The van der Waals surface area contributed by atoms with Gasteiger partial charge in [-0.05, 0) is 19.4 Å². The number of hydrogen-bond donors (Lipinski definition) is 1. The lowest BCUT2D eigenvalue weighted by atomic mass is 10.1. The molecule has 3 nitrogen and oxygen atoms in total. The van der Waals surface area contributed by atoms with Gasteiger partial charge in [0.25, 0.3) is 0 Å². The highest BCUT2D eigenvalue weighted by molar-refractivity contribution is 5.28. The Balaban J connectivity index is 1.92. The van der Waals surface area contributed by atoms with Gasteiger partial charge < -0.3 is 9.88 Å². The van der Waals surface area contributed by atoms with E-state index in [-0.39, 0.29) is 0 Å². The number of aromatic nitrogens is 2. The smallest absolute Gasteiger partial charge is 0.122 e. The van der Waals surface area contributed by atoms with Gasteiger partial charge in [0.2, 0.25) is 0 Å². The Hall–Kier alpha value is -1.61. The quantitative estimate of drug-likeness (QED) is 0.872. The minimum atomic E-state index is 0.802. The van der Waals surface area contributed by atoms with Crippen molar-refractivity contribution in [1.82, 2.24) is 14.9 Å². The molecule has 17 heavy (non-hydrogen) atoms. The Morgan fingerprint density at radius 2 is 1.82 bits per heavy atom. The van der Waals surface area contributed by atoms with Crippen LogP contribution in [0.1, 0.15) is 22.5 Å². The molecule has 2 aromatic rings. The Bertz CT molecular complexity index is 480. The van der Waals surface area contributed by atoms with E-state index in [1.165, 1.54) is 16.7 Å². The lowest BCUT2D eigenvalue weighted by Crippen LogP contribution is -2.15. The fraction of sp³-hybridized carbons (Fsp3) is 0.357. The zero-order chi connectivity index (χ0) is 12.3. The van der Waals surface area contributed by atoms with Crippen LogP contribution in [0, 0.1) is 13.8 Å². The third kappa shape index (κ3) is 3.17. The third-order valence-corrected chi connectivity index (χ3v) is 2.81. The number of nitrogens with zero attached hydrogens (tertiary/aromatic N) is 2. The highest BCUT2D eigenvalue weighted by Gasteiger charge is 1.99. The second-order valence-corrected chi connectivity index (χ2v) is 4.55. The number of hydrogen-bond acceptors (Lipinski definition) is 2. The largest absolute Gasteiger partial charge is 0.337 e. The highest BCUT2D eigenvalue weighted by Crippen LogP contribution is 2.08. The Morgan fingerprint density at radius 1 is 1.12 bits per heavy atom. The van der Waals surface area contributed by atoms with E-state index in [0.29, 0.717) is 0 Å². The van der Waals surface area contributed by atoms with Crippen molar-refractivity contribution < 1.29 is 0 Å². The molecule has 0 spiro atoms. The van der Waals surface area contributed by atoms with Gasteiger partial charge in [0.05, 0.1) is 6.54 Å². The van der Waals surface area contributed by atoms with E-state index in [1.807, 2.05) is 24.0 Å². The van der Waals surface area contributed by atoms with Crippen molar-refractivity contribution >= 4 is 0 Å². The van der Waals surface area contributed by atoms with Gasteiger partial charge in [0, 0.05) is 26.0 Å². The van der Waals surface area contributed by atoms with Crippen molar-refractivity contribution in [2.45, 2.75) is 26.9 Å². The van der Waals surface area contributed by atoms with Crippen molar-refractivity contribution in [2.75, 3.05) is 0 Å². The van der Waals surface area contributed by atoms with E-state index in [2.05, 4.69) is 42.3 Å². The summed E-state index contributed by atoms with van der Waals surface area (Å²) >= 11 is 0. The molecule has 0 aliphatic heterocycles. The number of aryl methyl sites for hydroxylation is 3. The standard InChI is InChI=1S/C14H19N3/c1-11-6-12(2)8-13(7-11)9-15-10-14-16-4-5-17(14)3/h4-8,15H,9-10H2,1-3H3. The Morgan fingerprint density at radius 3 is 2.41 bits per heavy atom. The summed E-state index contributed by atoms with van der Waals surface area (Å²) in [6.45, 7) is 5.95. The van der Waals surface area contributed by atoms with Gasteiger partial charge in [-0.2, -0.15) is 0 Å². The zero-order valence-electron chi connectivity index (χ0n) is 10.7. The highest BCUT2D eigenvalue weighted by atomic mass is 15.1. The minimum absolute atomic E-state index is 0.802. The molecule has 1 N–H and O–H groups in total. The monoisotopic (exact) mass is 229 g/mol. The second kappa shape index (κ2) is 5.15. The van der Waals surface area contributed by atoms with E-state index >= 15 is 0 Å². The van der Waals surface area contributed by atoms with E-state index in [0.717, 1.165) is 18.9 Å². The van der Waals surface area contributed by atoms with Crippen LogP contribution < -0.4 is 5.32 Å². The number of nitrogens with one attached hydrogen (secondary N) is 1. The molecule has 1 heterocycles. The summed E-state index contributed by atoms with van der Waals surface area (Å²) < 4.78 is 2.04. The van der Waals surface area contributed by atoms with Crippen molar-refractivity contribution in [1.29, 1.82) is 0 Å². The Kier molecular flexibility index (Phi) is 3.59. The third-order valence-electron chi connectivity index (χ3n) is 2.81. The lowest BCUT2D eigenvalue weighted by Gasteiger charge is -2.07. The summed E-state index contributed by atoms with van der Waals surface area (Å²) in [5.41, 5.74) is 3.97. The number of benzene rings is 1.